The highest BCUT2D eigenvalue weighted by atomic mass is 79.9. The molecule has 7 heteroatoms. The van der Waals surface area contributed by atoms with Gasteiger partial charge < -0.3 is 14.7 Å². The third-order valence-corrected chi connectivity index (χ3v) is 4.46. The second-order valence-corrected chi connectivity index (χ2v) is 6.51. The molecule has 1 fully saturated rings. The summed E-state index contributed by atoms with van der Waals surface area (Å²) in [5.41, 5.74) is 0.805. The average molecular weight is 361 g/mol. The summed E-state index contributed by atoms with van der Waals surface area (Å²) in [5, 5.41) is 15.1. The lowest BCUT2D eigenvalue weighted by Gasteiger charge is -2.34. The highest BCUT2D eigenvalue weighted by molar-refractivity contribution is 9.10. The van der Waals surface area contributed by atoms with Crippen LogP contribution in [0.4, 0.5) is 0 Å². The van der Waals surface area contributed by atoms with E-state index >= 15 is 0 Å². The van der Waals surface area contributed by atoms with Crippen molar-refractivity contribution in [3.63, 3.8) is 0 Å². The van der Waals surface area contributed by atoms with Crippen LogP contribution in [-0.2, 0) is 11.3 Å². The standard InChI is InChI=1S/C14H25BrN4O2/c1-4-18-7-8-21-12(10-18)14(20)13-11(15)9-16-19(13)6-5-17(2)3/h9,12,14,20H,4-8,10H2,1-3H3. The number of hydrogen-bond acceptors (Lipinski definition) is 5. The summed E-state index contributed by atoms with van der Waals surface area (Å²) in [7, 11) is 4.05. The van der Waals surface area contributed by atoms with Crippen LogP contribution < -0.4 is 0 Å². The summed E-state index contributed by atoms with van der Waals surface area (Å²) in [6.45, 7) is 7.08. The molecule has 120 valence electrons. The summed E-state index contributed by atoms with van der Waals surface area (Å²) in [6, 6.07) is 0. The van der Waals surface area contributed by atoms with Crippen molar-refractivity contribution in [3.05, 3.63) is 16.4 Å². The first-order valence-electron chi connectivity index (χ1n) is 7.40. The van der Waals surface area contributed by atoms with Crippen LogP contribution in [0.1, 0.15) is 18.7 Å². The Kier molecular flexibility index (Phi) is 6.19. The number of ether oxygens (including phenoxy) is 1. The number of aromatic nitrogens is 2. The molecule has 1 saturated heterocycles. The summed E-state index contributed by atoms with van der Waals surface area (Å²) in [5.74, 6) is 0. The van der Waals surface area contributed by atoms with Crippen LogP contribution in [0.15, 0.2) is 10.7 Å². The lowest BCUT2D eigenvalue weighted by Crippen LogP contribution is -2.45. The highest BCUT2D eigenvalue weighted by Crippen LogP contribution is 2.28. The van der Waals surface area contributed by atoms with Crippen molar-refractivity contribution in [1.82, 2.24) is 19.6 Å². The maximum absolute atomic E-state index is 10.7. The summed E-state index contributed by atoms with van der Waals surface area (Å²) in [4.78, 5) is 4.40. The Morgan fingerprint density at radius 2 is 2.33 bits per heavy atom. The zero-order valence-corrected chi connectivity index (χ0v) is 14.6. The molecule has 0 saturated carbocycles. The van der Waals surface area contributed by atoms with Crippen LogP contribution in [0.5, 0.6) is 0 Å². The molecule has 0 amide bonds. The average Bonchev–Trinajstić information content (AvgIpc) is 2.85. The Labute approximate surface area is 134 Å². The molecule has 1 N–H and O–H groups in total. The maximum atomic E-state index is 10.7. The van der Waals surface area contributed by atoms with Gasteiger partial charge in [0.1, 0.15) is 12.2 Å². The number of rotatable bonds is 6. The van der Waals surface area contributed by atoms with Crippen molar-refractivity contribution in [1.29, 1.82) is 0 Å². The van der Waals surface area contributed by atoms with E-state index in [2.05, 4.69) is 37.8 Å². The van der Waals surface area contributed by atoms with Crippen molar-refractivity contribution in [2.75, 3.05) is 46.9 Å². The highest BCUT2D eigenvalue weighted by Gasteiger charge is 2.31. The van der Waals surface area contributed by atoms with Gasteiger partial charge in [-0.1, -0.05) is 6.92 Å². The minimum absolute atomic E-state index is 0.204. The molecule has 2 heterocycles. The Hall–Kier alpha value is -0.470. The fourth-order valence-corrected chi connectivity index (χ4v) is 3.06. The van der Waals surface area contributed by atoms with E-state index in [0.29, 0.717) is 6.61 Å². The first kappa shape index (κ1) is 16.9. The van der Waals surface area contributed by atoms with Gasteiger partial charge in [0.05, 0.1) is 29.5 Å². The van der Waals surface area contributed by atoms with Gasteiger partial charge in [0.25, 0.3) is 0 Å². The van der Waals surface area contributed by atoms with Crippen molar-refractivity contribution in [2.45, 2.75) is 25.7 Å². The molecule has 1 aromatic rings. The number of aliphatic hydroxyl groups excluding tert-OH is 1. The molecule has 1 aromatic heterocycles. The summed E-state index contributed by atoms with van der Waals surface area (Å²) in [6.07, 6.45) is 0.873. The minimum atomic E-state index is -0.668. The molecule has 21 heavy (non-hydrogen) atoms. The maximum Gasteiger partial charge on any atom is 0.124 e. The second kappa shape index (κ2) is 7.69. The van der Waals surface area contributed by atoms with E-state index in [0.717, 1.165) is 42.9 Å². The van der Waals surface area contributed by atoms with Crippen LogP contribution in [0.25, 0.3) is 0 Å². The van der Waals surface area contributed by atoms with Crippen LogP contribution >= 0.6 is 15.9 Å². The molecule has 0 radical (unpaired) electrons. The van der Waals surface area contributed by atoms with Crippen LogP contribution in [0, 0.1) is 0 Å². The lowest BCUT2D eigenvalue weighted by atomic mass is 10.1. The zero-order valence-electron chi connectivity index (χ0n) is 13.0. The Bertz CT molecular complexity index is 452. The van der Waals surface area contributed by atoms with Crippen LogP contribution in [-0.4, -0.2) is 77.7 Å². The molecule has 1 aliphatic heterocycles. The van der Waals surface area contributed by atoms with Crippen molar-refractivity contribution >= 4 is 15.9 Å². The molecular weight excluding hydrogens is 336 g/mol. The Morgan fingerprint density at radius 1 is 1.57 bits per heavy atom. The van der Waals surface area contributed by atoms with E-state index in [9.17, 15) is 5.11 Å². The molecule has 6 nitrogen and oxygen atoms in total. The monoisotopic (exact) mass is 360 g/mol. The van der Waals surface area contributed by atoms with E-state index in [1.165, 1.54) is 0 Å². The van der Waals surface area contributed by atoms with Gasteiger partial charge in [-0.25, -0.2) is 0 Å². The Morgan fingerprint density at radius 3 is 3.00 bits per heavy atom. The summed E-state index contributed by atoms with van der Waals surface area (Å²) < 4.78 is 8.47. The number of aliphatic hydroxyl groups is 1. The van der Waals surface area contributed by atoms with E-state index < -0.39 is 6.10 Å². The number of nitrogens with zero attached hydrogens (tertiary/aromatic N) is 4. The molecule has 0 aromatic carbocycles. The van der Waals surface area contributed by atoms with Gasteiger partial charge >= 0.3 is 0 Å². The fraction of sp³-hybridized carbons (Fsp3) is 0.786. The molecule has 0 aliphatic carbocycles. The third-order valence-electron chi connectivity index (χ3n) is 3.85. The van der Waals surface area contributed by atoms with Gasteiger partial charge in [-0.15, -0.1) is 0 Å². The minimum Gasteiger partial charge on any atom is -0.384 e. The number of likely N-dealkylation sites (N-methyl/N-ethyl adjacent to an activating group) is 2. The van der Waals surface area contributed by atoms with Gasteiger partial charge in [-0.05, 0) is 36.6 Å². The van der Waals surface area contributed by atoms with E-state index in [1.807, 2.05) is 18.8 Å². The first-order chi connectivity index (χ1) is 10.0. The van der Waals surface area contributed by atoms with Crippen molar-refractivity contribution in [3.8, 4) is 0 Å². The molecule has 0 bridgehead atoms. The quantitative estimate of drug-likeness (QED) is 0.818. The third kappa shape index (κ3) is 4.26. The van der Waals surface area contributed by atoms with E-state index in [4.69, 9.17) is 4.74 Å². The van der Waals surface area contributed by atoms with E-state index in [-0.39, 0.29) is 6.10 Å². The van der Waals surface area contributed by atoms with Crippen molar-refractivity contribution in [2.24, 2.45) is 0 Å². The number of hydrogen-bond donors (Lipinski definition) is 1. The normalized spacial score (nSPS) is 21.9. The van der Waals surface area contributed by atoms with Crippen LogP contribution in [0.3, 0.4) is 0 Å². The molecule has 0 spiro atoms. The fourth-order valence-electron chi connectivity index (χ4n) is 2.52. The molecule has 2 atom stereocenters. The van der Waals surface area contributed by atoms with Gasteiger partial charge in [-0.3, -0.25) is 9.58 Å². The predicted molar refractivity (Wildman–Crippen MR) is 85.3 cm³/mol. The molecular formula is C14H25BrN4O2. The molecule has 2 unspecified atom stereocenters. The zero-order chi connectivity index (χ0) is 15.4. The molecule has 1 aliphatic rings. The van der Waals surface area contributed by atoms with Gasteiger partial charge in [-0.2, -0.15) is 5.10 Å². The first-order valence-corrected chi connectivity index (χ1v) is 8.20. The van der Waals surface area contributed by atoms with Crippen LogP contribution in [0.2, 0.25) is 0 Å². The van der Waals surface area contributed by atoms with Crippen molar-refractivity contribution < 1.29 is 9.84 Å². The largest absolute Gasteiger partial charge is 0.384 e. The smallest absolute Gasteiger partial charge is 0.124 e. The van der Waals surface area contributed by atoms with Gasteiger partial charge in [0.2, 0.25) is 0 Å². The second-order valence-electron chi connectivity index (χ2n) is 5.65. The predicted octanol–water partition coefficient (Wildman–Crippen LogP) is 0.961. The number of halogens is 1. The SMILES string of the molecule is CCN1CCOC(C(O)c2c(Br)cnn2CCN(C)C)C1. The van der Waals surface area contributed by atoms with Gasteiger partial charge in [0, 0.05) is 19.6 Å². The van der Waals surface area contributed by atoms with Gasteiger partial charge in [0.15, 0.2) is 0 Å². The molecule has 2 rings (SSSR count). The van der Waals surface area contributed by atoms with E-state index in [1.54, 1.807) is 6.20 Å². The lowest BCUT2D eigenvalue weighted by molar-refractivity contribution is -0.0914. The summed E-state index contributed by atoms with van der Waals surface area (Å²) >= 11 is 3.50. The number of morpholine rings is 1. The Balaban J connectivity index is 2.10. The topological polar surface area (TPSA) is 53.8 Å².